The van der Waals surface area contributed by atoms with E-state index in [1.807, 2.05) is 20.8 Å². The molecule has 0 bridgehead atoms. The minimum absolute atomic E-state index is 0.0890. The maximum Gasteiger partial charge on any atom is 0.408 e. The smallest absolute Gasteiger partial charge is 0.408 e. The summed E-state index contributed by atoms with van der Waals surface area (Å²) in [5, 5.41) is 5.45. The third kappa shape index (κ3) is 6.00. The molecule has 0 aromatic carbocycles. The molecule has 3 fully saturated rings. The first-order valence-corrected chi connectivity index (χ1v) is 12.8. The van der Waals surface area contributed by atoms with Gasteiger partial charge in [-0.05, 0) is 55.8 Å². The summed E-state index contributed by atoms with van der Waals surface area (Å²) in [5.41, 5.74) is 3.70. The van der Waals surface area contributed by atoms with Crippen molar-refractivity contribution in [2.75, 3.05) is 6.54 Å². The molecule has 1 aliphatic heterocycles. The zero-order valence-corrected chi connectivity index (χ0v) is 22.8. The van der Waals surface area contributed by atoms with E-state index in [-0.39, 0.29) is 29.1 Å². The van der Waals surface area contributed by atoms with Crippen molar-refractivity contribution < 1.29 is 28.7 Å². The molecule has 10 nitrogen and oxygen atoms in total. The molecular formula is C26H42N4O6. The van der Waals surface area contributed by atoms with Crippen LogP contribution in [0.4, 0.5) is 4.79 Å². The van der Waals surface area contributed by atoms with Gasteiger partial charge in [0, 0.05) is 6.54 Å². The van der Waals surface area contributed by atoms with Crippen LogP contribution in [-0.2, 0) is 23.9 Å². The number of ketones is 1. The normalized spacial score (nSPS) is 26.3. The number of piperidine rings is 1. The third-order valence-corrected chi connectivity index (χ3v) is 7.68. The summed E-state index contributed by atoms with van der Waals surface area (Å²) in [5.74, 6) is -2.45. The van der Waals surface area contributed by atoms with Crippen molar-refractivity contribution in [3.63, 3.8) is 0 Å². The van der Waals surface area contributed by atoms with Gasteiger partial charge in [-0.3, -0.25) is 19.2 Å². The lowest BCUT2D eigenvalue weighted by Crippen LogP contribution is -2.60. The van der Waals surface area contributed by atoms with E-state index in [9.17, 15) is 24.0 Å². The number of alkyl carbamates (subject to hydrolysis) is 1. The van der Waals surface area contributed by atoms with Crippen LogP contribution in [0.3, 0.4) is 0 Å². The highest BCUT2D eigenvalue weighted by atomic mass is 16.6. The lowest BCUT2D eigenvalue weighted by atomic mass is 9.85. The molecule has 0 spiro atoms. The summed E-state index contributed by atoms with van der Waals surface area (Å²) >= 11 is 0. The molecule has 3 aliphatic rings. The second-order valence-electron chi connectivity index (χ2n) is 13.3. The summed E-state index contributed by atoms with van der Waals surface area (Å²) in [6.45, 7) is 15.2. The highest BCUT2D eigenvalue weighted by Crippen LogP contribution is 2.65. The number of nitrogens with two attached hydrogens (primary N) is 1. The van der Waals surface area contributed by atoms with E-state index < -0.39 is 52.8 Å². The van der Waals surface area contributed by atoms with Crippen LogP contribution in [0.15, 0.2) is 0 Å². The van der Waals surface area contributed by atoms with Crippen molar-refractivity contribution in [3.05, 3.63) is 0 Å². The molecule has 3 unspecified atom stereocenters. The van der Waals surface area contributed by atoms with Crippen LogP contribution < -0.4 is 16.4 Å². The van der Waals surface area contributed by atoms with E-state index in [1.54, 1.807) is 20.8 Å². The van der Waals surface area contributed by atoms with Gasteiger partial charge in [0.1, 0.15) is 17.7 Å². The SMILES string of the molecule is CC(C)(C)OC(=O)NC(C(=O)N1CC2[C@@H]([C@H]1C(=O)NC(CC1CC1)C(=O)C(N)=O)C2(C)C)C(C)(C)C. The molecule has 2 aliphatic carbocycles. The minimum atomic E-state index is -1.08. The first-order valence-electron chi connectivity index (χ1n) is 12.8. The number of primary amides is 1. The summed E-state index contributed by atoms with van der Waals surface area (Å²) in [4.78, 5) is 65.5. The molecule has 1 heterocycles. The zero-order valence-electron chi connectivity index (χ0n) is 22.8. The molecule has 202 valence electrons. The molecule has 5 atom stereocenters. The number of nitrogens with one attached hydrogen (secondary N) is 2. The fraction of sp³-hybridized carbons (Fsp3) is 0.808. The number of carbonyl (C=O) groups is 5. The summed E-state index contributed by atoms with van der Waals surface area (Å²) in [7, 11) is 0. The summed E-state index contributed by atoms with van der Waals surface area (Å²) < 4.78 is 5.38. The zero-order chi connectivity index (χ0) is 27.4. The number of carbonyl (C=O) groups excluding carboxylic acids is 5. The van der Waals surface area contributed by atoms with Crippen molar-refractivity contribution in [3.8, 4) is 0 Å². The van der Waals surface area contributed by atoms with Gasteiger partial charge in [-0.25, -0.2) is 4.79 Å². The number of ether oxygens (including phenoxy) is 1. The Morgan fingerprint density at radius 3 is 2.08 bits per heavy atom. The van der Waals surface area contributed by atoms with Gasteiger partial charge in [-0.1, -0.05) is 47.5 Å². The van der Waals surface area contributed by atoms with Crippen LogP contribution >= 0.6 is 0 Å². The van der Waals surface area contributed by atoms with Crippen molar-refractivity contribution in [1.29, 1.82) is 0 Å². The van der Waals surface area contributed by atoms with Gasteiger partial charge in [0.2, 0.25) is 17.6 Å². The lowest BCUT2D eigenvalue weighted by molar-refractivity contribution is -0.145. The fourth-order valence-electron chi connectivity index (χ4n) is 5.40. The first-order chi connectivity index (χ1) is 16.3. The van der Waals surface area contributed by atoms with Crippen LogP contribution in [0, 0.1) is 28.6 Å². The van der Waals surface area contributed by atoms with E-state index in [2.05, 4.69) is 24.5 Å². The van der Waals surface area contributed by atoms with E-state index in [1.165, 1.54) is 4.90 Å². The lowest BCUT2D eigenvalue weighted by Gasteiger charge is -2.38. The number of Topliss-reactive ketones (excluding diaryl/α,β-unsaturated/α-hetero) is 1. The Kier molecular flexibility index (Phi) is 7.24. The molecular weight excluding hydrogens is 464 g/mol. The molecule has 1 saturated heterocycles. The molecule has 2 saturated carbocycles. The predicted molar refractivity (Wildman–Crippen MR) is 132 cm³/mol. The molecule has 10 heteroatoms. The Morgan fingerprint density at radius 1 is 1.03 bits per heavy atom. The van der Waals surface area contributed by atoms with Gasteiger partial charge in [-0.2, -0.15) is 0 Å². The Balaban J connectivity index is 1.83. The van der Waals surface area contributed by atoms with Gasteiger partial charge >= 0.3 is 6.09 Å². The Morgan fingerprint density at radius 2 is 1.61 bits per heavy atom. The second kappa shape index (κ2) is 9.34. The second-order valence-corrected chi connectivity index (χ2v) is 13.3. The molecule has 4 amide bonds. The number of likely N-dealkylation sites (tertiary alicyclic amines) is 1. The molecule has 0 aromatic rings. The fourth-order valence-corrected chi connectivity index (χ4v) is 5.40. The standard InChI is InChI=1S/C26H42N4O6/c1-24(2,3)19(29-23(35)36-25(4,5)6)22(34)30-12-14-16(26(14,7)8)17(30)21(33)28-15(11-13-9-10-13)18(31)20(27)32/h13-17,19H,9-12H2,1-8H3,(H2,27,32)(H,28,33)(H,29,35)/t14?,15?,16-,17-,19?/m0/s1. The number of nitrogens with zero attached hydrogens (tertiary/aromatic N) is 1. The van der Waals surface area contributed by atoms with Gasteiger partial charge in [0.25, 0.3) is 5.91 Å². The van der Waals surface area contributed by atoms with Gasteiger partial charge in [0.15, 0.2) is 0 Å². The van der Waals surface area contributed by atoms with E-state index in [4.69, 9.17) is 10.5 Å². The minimum Gasteiger partial charge on any atom is -0.444 e. The molecule has 0 aromatic heterocycles. The van der Waals surface area contributed by atoms with E-state index in [0.29, 0.717) is 13.0 Å². The topological polar surface area (TPSA) is 148 Å². The van der Waals surface area contributed by atoms with E-state index in [0.717, 1.165) is 12.8 Å². The van der Waals surface area contributed by atoms with Crippen LogP contribution in [-0.4, -0.2) is 64.8 Å². The number of rotatable bonds is 8. The average Bonchev–Trinajstić information content (AvgIpc) is 3.55. The van der Waals surface area contributed by atoms with Crippen LogP contribution in [0.25, 0.3) is 0 Å². The summed E-state index contributed by atoms with van der Waals surface area (Å²) in [6, 6.07) is -2.75. The maximum atomic E-state index is 13.8. The van der Waals surface area contributed by atoms with Crippen LogP contribution in [0.5, 0.6) is 0 Å². The van der Waals surface area contributed by atoms with Crippen molar-refractivity contribution in [2.45, 2.75) is 98.4 Å². The number of fused-ring (bicyclic) bond motifs is 1. The number of amides is 4. The molecule has 3 rings (SSSR count). The highest BCUT2D eigenvalue weighted by Gasteiger charge is 2.70. The Hall–Kier alpha value is -2.65. The van der Waals surface area contributed by atoms with Gasteiger partial charge in [0.05, 0.1) is 6.04 Å². The van der Waals surface area contributed by atoms with Crippen molar-refractivity contribution in [1.82, 2.24) is 15.5 Å². The molecule has 4 N–H and O–H groups in total. The predicted octanol–water partition coefficient (Wildman–Crippen LogP) is 1.75. The van der Waals surface area contributed by atoms with Crippen LogP contribution in [0.1, 0.15) is 74.7 Å². The quantitative estimate of drug-likeness (QED) is 0.427. The third-order valence-electron chi connectivity index (χ3n) is 7.68. The molecule has 36 heavy (non-hydrogen) atoms. The molecule has 0 radical (unpaired) electrons. The Bertz CT molecular complexity index is 943. The average molecular weight is 507 g/mol. The van der Waals surface area contributed by atoms with Crippen molar-refractivity contribution in [2.24, 2.45) is 34.3 Å². The number of hydrogen-bond donors (Lipinski definition) is 3. The van der Waals surface area contributed by atoms with E-state index >= 15 is 0 Å². The van der Waals surface area contributed by atoms with Gasteiger partial charge < -0.3 is 26.0 Å². The number of hydrogen-bond acceptors (Lipinski definition) is 6. The van der Waals surface area contributed by atoms with Crippen LogP contribution in [0.2, 0.25) is 0 Å². The largest absolute Gasteiger partial charge is 0.444 e. The maximum absolute atomic E-state index is 13.8. The first kappa shape index (κ1) is 27.9. The summed E-state index contributed by atoms with van der Waals surface area (Å²) in [6.07, 6.45) is 1.52. The van der Waals surface area contributed by atoms with Gasteiger partial charge in [-0.15, -0.1) is 0 Å². The monoisotopic (exact) mass is 506 g/mol. The highest BCUT2D eigenvalue weighted by molar-refractivity contribution is 6.37. The Labute approximate surface area is 213 Å². The van der Waals surface area contributed by atoms with Crippen molar-refractivity contribution >= 4 is 29.6 Å².